The van der Waals surface area contributed by atoms with Gasteiger partial charge in [-0.05, 0) is 36.1 Å². The van der Waals surface area contributed by atoms with E-state index < -0.39 is 0 Å². The maximum atomic E-state index is 12.6. The van der Waals surface area contributed by atoms with Crippen molar-refractivity contribution in [3.63, 3.8) is 0 Å². The van der Waals surface area contributed by atoms with Gasteiger partial charge < -0.3 is 15.4 Å². The van der Waals surface area contributed by atoms with Crippen LogP contribution in [-0.2, 0) is 13.0 Å². The summed E-state index contributed by atoms with van der Waals surface area (Å²) in [4.78, 5) is 22.4. The molecule has 2 aromatic rings. The highest BCUT2D eigenvalue weighted by molar-refractivity contribution is 5.96. The Morgan fingerprint density at radius 1 is 1.27 bits per heavy atom. The summed E-state index contributed by atoms with van der Waals surface area (Å²) in [6.07, 6.45) is 4.79. The fraction of sp³-hybridized carbons (Fsp3) is 0.312. The minimum Gasteiger partial charge on any atom is -0.497 e. The molecule has 6 heteroatoms. The van der Waals surface area contributed by atoms with Gasteiger partial charge in [-0.1, -0.05) is 6.07 Å². The second kappa shape index (κ2) is 6.01. The highest BCUT2D eigenvalue weighted by Gasteiger charge is 2.23. The number of ether oxygens (including phenoxy) is 1. The number of nitrogens with zero attached hydrogens (tertiary/aromatic N) is 3. The third-order valence-corrected chi connectivity index (χ3v) is 3.87. The fourth-order valence-electron chi connectivity index (χ4n) is 2.70. The lowest BCUT2D eigenvalue weighted by molar-refractivity contribution is 0.0740. The Morgan fingerprint density at radius 2 is 2.09 bits per heavy atom. The van der Waals surface area contributed by atoms with Crippen molar-refractivity contribution in [2.24, 2.45) is 0 Å². The highest BCUT2D eigenvalue weighted by atomic mass is 16.5. The van der Waals surface area contributed by atoms with Crippen molar-refractivity contribution < 1.29 is 9.53 Å². The van der Waals surface area contributed by atoms with Gasteiger partial charge >= 0.3 is 0 Å². The van der Waals surface area contributed by atoms with E-state index in [4.69, 9.17) is 10.5 Å². The minimum absolute atomic E-state index is 0.172. The van der Waals surface area contributed by atoms with Gasteiger partial charge in [0, 0.05) is 25.5 Å². The Kier molecular flexibility index (Phi) is 3.91. The van der Waals surface area contributed by atoms with Crippen molar-refractivity contribution >= 4 is 11.7 Å². The lowest BCUT2D eigenvalue weighted by Gasteiger charge is -2.21. The Bertz CT molecular complexity index is 702. The molecule has 3 rings (SSSR count). The van der Waals surface area contributed by atoms with Crippen LogP contribution in [0.3, 0.4) is 0 Å². The van der Waals surface area contributed by atoms with Crippen molar-refractivity contribution in [2.75, 3.05) is 19.4 Å². The molecule has 1 aromatic carbocycles. The van der Waals surface area contributed by atoms with Crippen LogP contribution in [-0.4, -0.2) is 34.4 Å². The predicted octanol–water partition coefficient (Wildman–Crippen LogP) is 1.66. The monoisotopic (exact) mass is 298 g/mol. The summed E-state index contributed by atoms with van der Waals surface area (Å²) in [7, 11) is 1.66. The van der Waals surface area contributed by atoms with Gasteiger partial charge in [-0.25, -0.2) is 9.97 Å². The maximum Gasteiger partial charge on any atom is 0.276 e. The summed E-state index contributed by atoms with van der Waals surface area (Å²) in [6, 6.07) is 5.98. The molecule has 1 amide bonds. The Morgan fingerprint density at radius 3 is 2.86 bits per heavy atom. The molecule has 0 saturated heterocycles. The number of carbonyl (C=O) groups is 1. The van der Waals surface area contributed by atoms with Crippen molar-refractivity contribution in [3.8, 4) is 5.75 Å². The van der Waals surface area contributed by atoms with Crippen LogP contribution in [0.4, 0.5) is 5.82 Å². The van der Waals surface area contributed by atoms with E-state index in [0.29, 0.717) is 13.1 Å². The number of rotatable bonds is 2. The van der Waals surface area contributed by atoms with Gasteiger partial charge in [0.1, 0.15) is 5.75 Å². The van der Waals surface area contributed by atoms with Gasteiger partial charge in [-0.2, -0.15) is 0 Å². The van der Waals surface area contributed by atoms with Crippen LogP contribution < -0.4 is 10.5 Å². The molecule has 6 nitrogen and oxygen atoms in total. The molecule has 0 bridgehead atoms. The van der Waals surface area contributed by atoms with Crippen molar-refractivity contribution in [2.45, 2.75) is 19.4 Å². The topological polar surface area (TPSA) is 81.3 Å². The first-order chi connectivity index (χ1) is 10.7. The third kappa shape index (κ3) is 2.72. The van der Waals surface area contributed by atoms with E-state index >= 15 is 0 Å². The lowest BCUT2D eigenvalue weighted by Crippen LogP contribution is -2.32. The summed E-state index contributed by atoms with van der Waals surface area (Å²) >= 11 is 0. The number of amides is 1. The van der Waals surface area contributed by atoms with Crippen molar-refractivity contribution in [1.82, 2.24) is 14.9 Å². The minimum atomic E-state index is -0.172. The zero-order valence-corrected chi connectivity index (χ0v) is 12.5. The quantitative estimate of drug-likeness (QED) is 0.912. The van der Waals surface area contributed by atoms with Crippen LogP contribution in [0.1, 0.15) is 28.0 Å². The molecule has 0 radical (unpaired) electrons. The van der Waals surface area contributed by atoms with E-state index in [1.807, 2.05) is 18.2 Å². The van der Waals surface area contributed by atoms with E-state index in [2.05, 4.69) is 9.97 Å². The molecule has 2 heterocycles. The van der Waals surface area contributed by atoms with Crippen LogP contribution in [0.2, 0.25) is 0 Å². The van der Waals surface area contributed by atoms with Crippen LogP contribution >= 0.6 is 0 Å². The summed E-state index contributed by atoms with van der Waals surface area (Å²) in [5.74, 6) is 0.845. The molecular formula is C16H18N4O2. The Labute approximate surface area is 128 Å². The molecule has 2 N–H and O–H groups in total. The van der Waals surface area contributed by atoms with Gasteiger partial charge in [0.05, 0.1) is 7.11 Å². The number of benzene rings is 1. The zero-order chi connectivity index (χ0) is 15.5. The van der Waals surface area contributed by atoms with Gasteiger partial charge in [0.25, 0.3) is 5.91 Å². The Hall–Kier alpha value is -2.63. The van der Waals surface area contributed by atoms with E-state index in [1.54, 1.807) is 12.0 Å². The first-order valence-corrected chi connectivity index (χ1v) is 7.20. The summed E-state index contributed by atoms with van der Waals surface area (Å²) in [5, 5.41) is 0. The summed E-state index contributed by atoms with van der Waals surface area (Å²) in [6.45, 7) is 1.22. The molecule has 0 spiro atoms. The fourth-order valence-corrected chi connectivity index (χ4v) is 2.70. The van der Waals surface area contributed by atoms with Gasteiger partial charge in [0.2, 0.25) is 0 Å². The number of nitrogens with two attached hydrogens (primary N) is 1. The van der Waals surface area contributed by atoms with Gasteiger partial charge in [0.15, 0.2) is 11.5 Å². The average Bonchev–Trinajstić information content (AvgIpc) is 2.76. The molecule has 0 saturated carbocycles. The second-order valence-electron chi connectivity index (χ2n) is 5.26. The first kappa shape index (κ1) is 14.3. The van der Waals surface area contributed by atoms with Gasteiger partial charge in [-0.3, -0.25) is 4.79 Å². The molecule has 0 atom stereocenters. The highest BCUT2D eigenvalue weighted by Crippen LogP contribution is 2.24. The summed E-state index contributed by atoms with van der Waals surface area (Å²) < 4.78 is 5.27. The normalized spacial score (nSPS) is 14.1. The van der Waals surface area contributed by atoms with Crippen LogP contribution in [0.25, 0.3) is 0 Å². The van der Waals surface area contributed by atoms with E-state index in [9.17, 15) is 4.79 Å². The SMILES string of the molecule is COc1ccc2c(c1)CCCN(C(=O)c1nccnc1N)C2. The number of aryl methyl sites for hydroxylation is 1. The summed E-state index contributed by atoms with van der Waals surface area (Å²) in [5.41, 5.74) is 8.34. The number of hydrogen-bond donors (Lipinski definition) is 1. The molecule has 22 heavy (non-hydrogen) atoms. The largest absolute Gasteiger partial charge is 0.497 e. The molecule has 114 valence electrons. The first-order valence-electron chi connectivity index (χ1n) is 7.20. The number of carbonyl (C=O) groups excluding carboxylic acids is 1. The van der Waals surface area contributed by atoms with Crippen LogP contribution in [0.5, 0.6) is 5.75 Å². The van der Waals surface area contributed by atoms with E-state index in [0.717, 1.165) is 24.2 Å². The van der Waals surface area contributed by atoms with Gasteiger partial charge in [-0.15, -0.1) is 0 Å². The smallest absolute Gasteiger partial charge is 0.276 e. The molecule has 0 unspecified atom stereocenters. The van der Waals surface area contributed by atoms with E-state index in [-0.39, 0.29) is 17.4 Å². The molecule has 1 aromatic heterocycles. The number of methoxy groups -OCH3 is 1. The number of hydrogen-bond acceptors (Lipinski definition) is 5. The van der Waals surface area contributed by atoms with Crippen LogP contribution in [0, 0.1) is 0 Å². The van der Waals surface area contributed by atoms with Crippen molar-refractivity contribution in [1.29, 1.82) is 0 Å². The molecule has 0 fully saturated rings. The molecule has 1 aliphatic rings. The Balaban J connectivity index is 1.87. The zero-order valence-electron chi connectivity index (χ0n) is 12.5. The molecule has 0 aliphatic carbocycles. The van der Waals surface area contributed by atoms with Crippen molar-refractivity contribution in [3.05, 3.63) is 47.4 Å². The number of nitrogen functional groups attached to an aromatic ring is 1. The second-order valence-corrected chi connectivity index (χ2v) is 5.26. The molecular weight excluding hydrogens is 280 g/mol. The number of fused-ring (bicyclic) bond motifs is 1. The molecule has 1 aliphatic heterocycles. The number of anilines is 1. The van der Waals surface area contributed by atoms with E-state index in [1.165, 1.54) is 18.0 Å². The third-order valence-electron chi connectivity index (χ3n) is 3.87. The van der Waals surface area contributed by atoms with Crippen LogP contribution in [0.15, 0.2) is 30.6 Å². The number of aromatic nitrogens is 2. The average molecular weight is 298 g/mol. The lowest BCUT2D eigenvalue weighted by atomic mass is 10.0. The predicted molar refractivity (Wildman–Crippen MR) is 82.5 cm³/mol. The standard InChI is InChI=1S/C16H18N4O2/c1-22-13-5-4-12-10-20(8-2-3-11(12)9-13)16(21)14-15(17)19-7-6-18-14/h4-7,9H,2-3,8,10H2,1H3,(H2,17,19). The maximum absolute atomic E-state index is 12.6.